The Bertz CT molecular complexity index is 1140. The molecule has 0 spiro atoms. The standard InChI is InChI=1S/C22H27F3N4O3S/c1-33(31,32)29-7-6-17-19(12-29)26-27-20(17)21(30)28-10-14-8-13(9-15(14)11-28)16-4-2-3-5-18(16)22(23,24)25/h2-5,13-15,21,30H,6-12H2,1H3,(H,26,27). The molecule has 2 aromatic rings. The number of nitrogens with zero attached hydrogens (tertiary/aromatic N) is 3. The molecule has 1 saturated carbocycles. The minimum absolute atomic E-state index is 0.128. The smallest absolute Gasteiger partial charge is 0.372 e. The van der Waals surface area contributed by atoms with E-state index in [4.69, 9.17) is 0 Å². The first-order valence-corrected chi connectivity index (χ1v) is 13.0. The monoisotopic (exact) mass is 484 g/mol. The molecule has 5 rings (SSSR count). The van der Waals surface area contributed by atoms with Crippen LogP contribution in [0.2, 0.25) is 0 Å². The highest BCUT2D eigenvalue weighted by Gasteiger charge is 2.46. The number of alkyl halides is 3. The van der Waals surface area contributed by atoms with E-state index in [1.807, 2.05) is 4.90 Å². The van der Waals surface area contributed by atoms with Gasteiger partial charge in [-0.25, -0.2) is 8.42 Å². The zero-order chi connectivity index (χ0) is 23.5. The first-order valence-electron chi connectivity index (χ1n) is 11.1. The van der Waals surface area contributed by atoms with Crippen LogP contribution in [-0.4, -0.2) is 58.8 Å². The van der Waals surface area contributed by atoms with Gasteiger partial charge in [-0.1, -0.05) is 18.2 Å². The number of likely N-dealkylation sites (tertiary alicyclic amines) is 1. The average molecular weight is 485 g/mol. The number of aliphatic hydroxyl groups excluding tert-OH is 1. The third kappa shape index (κ3) is 4.20. The Hall–Kier alpha value is -1.95. The minimum atomic E-state index is -4.36. The summed E-state index contributed by atoms with van der Waals surface area (Å²) in [6.45, 7) is 1.76. The molecule has 0 amide bonds. The van der Waals surface area contributed by atoms with Crippen molar-refractivity contribution in [3.8, 4) is 0 Å². The maximum Gasteiger partial charge on any atom is 0.416 e. The maximum absolute atomic E-state index is 13.5. The summed E-state index contributed by atoms with van der Waals surface area (Å²) in [5, 5.41) is 18.2. The number of benzene rings is 1. The minimum Gasteiger partial charge on any atom is -0.372 e. The van der Waals surface area contributed by atoms with Crippen molar-refractivity contribution in [2.75, 3.05) is 25.9 Å². The molecule has 1 saturated heterocycles. The van der Waals surface area contributed by atoms with E-state index in [1.54, 1.807) is 12.1 Å². The van der Waals surface area contributed by atoms with Crippen molar-refractivity contribution in [1.29, 1.82) is 0 Å². The molecule has 3 unspecified atom stereocenters. The van der Waals surface area contributed by atoms with E-state index in [2.05, 4.69) is 10.2 Å². The van der Waals surface area contributed by atoms with Crippen molar-refractivity contribution >= 4 is 10.0 Å². The maximum atomic E-state index is 13.5. The van der Waals surface area contributed by atoms with Crippen LogP contribution in [-0.2, 0) is 29.2 Å². The summed E-state index contributed by atoms with van der Waals surface area (Å²) in [6.07, 6.45) is -2.29. The highest BCUT2D eigenvalue weighted by atomic mass is 32.2. The Morgan fingerprint density at radius 1 is 1.18 bits per heavy atom. The van der Waals surface area contributed by atoms with Crippen LogP contribution in [0.15, 0.2) is 24.3 Å². The van der Waals surface area contributed by atoms with Crippen LogP contribution in [0.5, 0.6) is 0 Å². The first kappa shape index (κ1) is 22.8. The second-order valence-corrected chi connectivity index (χ2v) is 11.5. The van der Waals surface area contributed by atoms with Crippen molar-refractivity contribution in [1.82, 2.24) is 19.4 Å². The molecule has 3 aliphatic rings. The second-order valence-electron chi connectivity index (χ2n) is 9.51. The summed E-state index contributed by atoms with van der Waals surface area (Å²) in [4.78, 5) is 1.95. The van der Waals surface area contributed by atoms with Crippen LogP contribution >= 0.6 is 0 Å². The van der Waals surface area contributed by atoms with Crippen LogP contribution < -0.4 is 0 Å². The zero-order valence-corrected chi connectivity index (χ0v) is 19.0. The fourth-order valence-electron chi connectivity index (χ4n) is 5.89. The third-order valence-electron chi connectivity index (χ3n) is 7.48. The van der Waals surface area contributed by atoms with Gasteiger partial charge in [-0.3, -0.25) is 10.00 Å². The zero-order valence-electron chi connectivity index (χ0n) is 18.2. The van der Waals surface area contributed by atoms with Crippen LogP contribution in [0.1, 0.15) is 53.1 Å². The lowest BCUT2D eigenvalue weighted by molar-refractivity contribution is -0.138. The molecule has 3 heterocycles. The van der Waals surface area contributed by atoms with Crippen molar-refractivity contribution < 1.29 is 26.7 Å². The van der Waals surface area contributed by atoms with Crippen molar-refractivity contribution in [3.63, 3.8) is 0 Å². The summed E-state index contributed by atoms with van der Waals surface area (Å²) >= 11 is 0. The van der Waals surface area contributed by atoms with Crippen LogP contribution in [0.25, 0.3) is 0 Å². The summed E-state index contributed by atoms with van der Waals surface area (Å²) in [5.74, 6) is 0.320. The first-order chi connectivity index (χ1) is 15.5. The number of aromatic nitrogens is 2. The van der Waals surface area contributed by atoms with Gasteiger partial charge in [-0.2, -0.15) is 22.6 Å². The highest BCUT2D eigenvalue weighted by molar-refractivity contribution is 7.88. The molecule has 1 aromatic heterocycles. The molecule has 0 radical (unpaired) electrons. The molecular weight excluding hydrogens is 457 g/mol. The molecule has 0 bridgehead atoms. The fourth-order valence-corrected chi connectivity index (χ4v) is 6.68. The molecule has 33 heavy (non-hydrogen) atoms. The van der Waals surface area contributed by atoms with Gasteiger partial charge in [0, 0.05) is 25.2 Å². The van der Waals surface area contributed by atoms with E-state index < -0.39 is 28.0 Å². The second kappa shape index (κ2) is 8.07. The Kier molecular flexibility index (Phi) is 5.58. The van der Waals surface area contributed by atoms with Gasteiger partial charge in [0.2, 0.25) is 10.0 Å². The fraction of sp³-hybridized carbons (Fsp3) is 0.591. The van der Waals surface area contributed by atoms with Gasteiger partial charge in [0.05, 0.1) is 24.1 Å². The van der Waals surface area contributed by atoms with Crippen molar-refractivity contribution in [3.05, 3.63) is 52.3 Å². The molecule has 11 heteroatoms. The van der Waals surface area contributed by atoms with E-state index in [9.17, 15) is 26.7 Å². The van der Waals surface area contributed by atoms with E-state index in [-0.39, 0.29) is 24.3 Å². The number of nitrogens with one attached hydrogen (secondary N) is 1. The van der Waals surface area contributed by atoms with Gasteiger partial charge in [0.15, 0.2) is 6.23 Å². The molecule has 2 fully saturated rings. The summed E-state index contributed by atoms with van der Waals surface area (Å²) in [6, 6.07) is 5.85. The average Bonchev–Trinajstić information content (AvgIpc) is 3.44. The van der Waals surface area contributed by atoms with Gasteiger partial charge < -0.3 is 5.11 Å². The summed E-state index contributed by atoms with van der Waals surface area (Å²) in [7, 11) is -3.30. The number of hydrogen-bond acceptors (Lipinski definition) is 5. The quantitative estimate of drug-likeness (QED) is 0.697. The number of aliphatic hydroxyl groups is 1. The van der Waals surface area contributed by atoms with Crippen molar-refractivity contribution in [2.45, 2.75) is 44.1 Å². The van der Waals surface area contributed by atoms with E-state index in [1.165, 1.54) is 16.6 Å². The normalized spacial score (nSPS) is 27.5. The lowest BCUT2D eigenvalue weighted by atomic mass is 9.91. The number of sulfonamides is 1. The highest BCUT2D eigenvalue weighted by Crippen LogP contribution is 2.50. The molecule has 7 nitrogen and oxygen atoms in total. The number of aromatic amines is 1. The van der Waals surface area contributed by atoms with Gasteiger partial charge in [-0.05, 0) is 48.6 Å². The Morgan fingerprint density at radius 2 is 1.85 bits per heavy atom. The SMILES string of the molecule is CS(=O)(=O)N1CCc2c(C(O)N3CC4CC(c5ccccc5C(F)(F)F)CC4C3)n[nH]c2C1. The lowest BCUT2D eigenvalue weighted by Gasteiger charge is -2.27. The molecule has 180 valence electrons. The Balaban J connectivity index is 1.27. The van der Waals surface area contributed by atoms with E-state index >= 15 is 0 Å². The number of fused-ring (bicyclic) bond motifs is 2. The van der Waals surface area contributed by atoms with Crippen LogP contribution in [0, 0.1) is 11.8 Å². The number of H-pyrrole nitrogens is 1. The van der Waals surface area contributed by atoms with E-state index in [0.29, 0.717) is 55.8 Å². The number of rotatable bonds is 4. The molecule has 1 aromatic carbocycles. The predicted octanol–water partition coefficient (Wildman–Crippen LogP) is 2.86. The molecule has 3 atom stereocenters. The molecule has 2 N–H and O–H groups in total. The molecule has 2 aliphatic heterocycles. The summed E-state index contributed by atoms with van der Waals surface area (Å²) < 4.78 is 65.4. The number of hydrogen-bond donors (Lipinski definition) is 2. The van der Waals surface area contributed by atoms with Crippen LogP contribution in [0.4, 0.5) is 13.2 Å². The lowest BCUT2D eigenvalue weighted by Crippen LogP contribution is -2.36. The summed E-state index contributed by atoms with van der Waals surface area (Å²) in [5.41, 5.74) is 1.92. The largest absolute Gasteiger partial charge is 0.416 e. The third-order valence-corrected chi connectivity index (χ3v) is 8.72. The topological polar surface area (TPSA) is 89.5 Å². The van der Waals surface area contributed by atoms with Crippen molar-refractivity contribution in [2.24, 2.45) is 11.8 Å². The Labute approximate surface area is 190 Å². The molecular formula is C22H27F3N4O3S. The van der Waals surface area contributed by atoms with Gasteiger partial charge in [-0.15, -0.1) is 0 Å². The predicted molar refractivity (Wildman–Crippen MR) is 114 cm³/mol. The Morgan fingerprint density at radius 3 is 2.48 bits per heavy atom. The van der Waals surface area contributed by atoms with Gasteiger partial charge >= 0.3 is 6.18 Å². The van der Waals surface area contributed by atoms with E-state index in [0.717, 1.165) is 11.6 Å². The van der Waals surface area contributed by atoms with Crippen LogP contribution in [0.3, 0.4) is 0 Å². The molecule has 1 aliphatic carbocycles. The van der Waals surface area contributed by atoms with Gasteiger partial charge in [0.25, 0.3) is 0 Å². The van der Waals surface area contributed by atoms with Gasteiger partial charge in [0.1, 0.15) is 5.69 Å². The number of halogens is 3.